The van der Waals surface area contributed by atoms with Crippen molar-refractivity contribution >= 4 is 15.9 Å². The summed E-state index contributed by atoms with van der Waals surface area (Å²) in [6.07, 6.45) is 4.16. The summed E-state index contributed by atoms with van der Waals surface area (Å²) in [4.78, 5) is 0. The van der Waals surface area contributed by atoms with E-state index in [9.17, 15) is 0 Å². The number of halogens is 1. The van der Waals surface area contributed by atoms with Crippen LogP contribution in [-0.4, -0.2) is 16.3 Å². The molecule has 0 saturated carbocycles. The van der Waals surface area contributed by atoms with Crippen LogP contribution in [0.5, 0.6) is 0 Å². The fourth-order valence-electron chi connectivity index (χ4n) is 1.35. The minimum Gasteiger partial charge on any atom is -0.311 e. The molecule has 0 unspecified atom stereocenters. The maximum Gasteiger partial charge on any atom is 0.0664 e. The van der Waals surface area contributed by atoms with E-state index in [1.165, 1.54) is 12.1 Å². The Morgan fingerprint density at radius 3 is 2.86 bits per heavy atom. The molecule has 0 aliphatic rings. The Morgan fingerprint density at radius 1 is 1.43 bits per heavy atom. The molecule has 0 amide bonds. The third-order valence-electron chi connectivity index (χ3n) is 2.05. The van der Waals surface area contributed by atoms with E-state index in [-0.39, 0.29) is 0 Å². The summed E-state index contributed by atoms with van der Waals surface area (Å²) in [5, 5.41) is 7.70. The van der Waals surface area contributed by atoms with Crippen molar-refractivity contribution in [1.82, 2.24) is 15.1 Å². The zero-order valence-corrected chi connectivity index (χ0v) is 10.5. The van der Waals surface area contributed by atoms with E-state index >= 15 is 0 Å². The van der Waals surface area contributed by atoms with E-state index in [1.807, 2.05) is 6.20 Å². The molecule has 1 N–H and O–H groups in total. The van der Waals surface area contributed by atoms with Gasteiger partial charge in [0.2, 0.25) is 0 Å². The quantitative estimate of drug-likeness (QED) is 0.796. The monoisotopic (exact) mass is 259 g/mol. The molecule has 4 heteroatoms. The molecule has 0 aromatic carbocycles. The van der Waals surface area contributed by atoms with Gasteiger partial charge in [-0.15, -0.1) is 0 Å². The van der Waals surface area contributed by atoms with Crippen molar-refractivity contribution < 1.29 is 0 Å². The molecule has 1 rings (SSSR count). The highest BCUT2D eigenvalue weighted by Gasteiger charge is 2.06. The fraction of sp³-hybridized carbons (Fsp3) is 0.700. The van der Waals surface area contributed by atoms with E-state index in [0.29, 0.717) is 0 Å². The van der Waals surface area contributed by atoms with Crippen LogP contribution in [0.2, 0.25) is 0 Å². The van der Waals surface area contributed by atoms with Gasteiger partial charge in [-0.2, -0.15) is 5.10 Å². The Bertz CT molecular complexity index is 270. The highest BCUT2D eigenvalue weighted by atomic mass is 79.9. The molecule has 0 aliphatic heterocycles. The third-order valence-corrected chi connectivity index (χ3v) is 2.71. The zero-order valence-electron chi connectivity index (χ0n) is 8.89. The van der Waals surface area contributed by atoms with Crippen molar-refractivity contribution in [3.63, 3.8) is 0 Å². The third kappa shape index (κ3) is 3.10. The predicted octanol–water partition coefficient (Wildman–Crippen LogP) is 2.56. The van der Waals surface area contributed by atoms with Crippen molar-refractivity contribution in [2.45, 2.75) is 39.8 Å². The second-order valence-corrected chi connectivity index (χ2v) is 4.19. The first-order valence-corrected chi connectivity index (χ1v) is 5.99. The molecule has 1 aromatic rings. The van der Waals surface area contributed by atoms with Crippen LogP contribution in [0.4, 0.5) is 0 Å². The van der Waals surface area contributed by atoms with Crippen LogP contribution >= 0.6 is 15.9 Å². The summed E-state index contributed by atoms with van der Waals surface area (Å²) < 4.78 is 3.17. The van der Waals surface area contributed by atoms with Crippen LogP contribution < -0.4 is 5.32 Å². The minimum atomic E-state index is 0.897. The van der Waals surface area contributed by atoms with Gasteiger partial charge in [0.25, 0.3) is 0 Å². The first kappa shape index (κ1) is 11.7. The molecule has 1 aromatic heterocycles. The smallest absolute Gasteiger partial charge is 0.0664 e. The van der Waals surface area contributed by atoms with Crippen LogP contribution in [0.1, 0.15) is 32.4 Å². The SMILES string of the molecule is CCCNCc1c(Br)cnn1CCC. The molecular formula is C10H18BrN3. The van der Waals surface area contributed by atoms with Crippen molar-refractivity contribution in [2.75, 3.05) is 6.54 Å². The Balaban J connectivity index is 2.57. The molecule has 0 fully saturated rings. The van der Waals surface area contributed by atoms with E-state index in [4.69, 9.17) is 0 Å². The summed E-state index contributed by atoms with van der Waals surface area (Å²) in [6.45, 7) is 7.29. The lowest BCUT2D eigenvalue weighted by Gasteiger charge is -2.07. The van der Waals surface area contributed by atoms with Crippen LogP contribution in [0.25, 0.3) is 0 Å². The van der Waals surface area contributed by atoms with Gasteiger partial charge in [-0.05, 0) is 35.3 Å². The molecule has 0 aliphatic carbocycles. The number of nitrogens with zero attached hydrogens (tertiary/aromatic N) is 2. The highest BCUT2D eigenvalue weighted by molar-refractivity contribution is 9.10. The lowest BCUT2D eigenvalue weighted by atomic mass is 10.4. The van der Waals surface area contributed by atoms with E-state index in [0.717, 1.165) is 30.5 Å². The van der Waals surface area contributed by atoms with Crippen molar-refractivity contribution in [3.8, 4) is 0 Å². The molecule has 0 spiro atoms. The number of aromatic nitrogens is 2. The molecular weight excluding hydrogens is 242 g/mol. The second-order valence-electron chi connectivity index (χ2n) is 3.34. The molecule has 14 heavy (non-hydrogen) atoms. The molecule has 0 saturated heterocycles. The van der Waals surface area contributed by atoms with E-state index in [1.54, 1.807) is 0 Å². The van der Waals surface area contributed by atoms with Crippen LogP contribution in [0.3, 0.4) is 0 Å². The first-order valence-electron chi connectivity index (χ1n) is 5.20. The van der Waals surface area contributed by atoms with E-state index < -0.39 is 0 Å². The van der Waals surface area contributed by atoms with Gasteiger partial charge < -0.3 is 5.32 Å². The average molecular weight is 260 g/mol. The summed E-state index contributed by atoms with van der Waals surface area (Å²) in [6, 6.07) is 0. The van der Waals surface area contributed by atoms with E-state index in [2.05, 4.69) is 44.9 Å². The molecule has 1 heterocycles. The molecule has 3 nitrogen and oxygen atoms in total. The van der Waals surface area contributed by atoms with Gasteiger partial charge in [0.15, 0.2) is 0 Å². The number of nitrogens with one attached hydrogen (secondary N) is 1. The Kier molecular flexibility index (Phi) is 5.19. The molecule has 0 bridgehead atoms. The maximum absolute atomic E-state index is 4.31. The Labute approximate surface area is 94.0 Å². The summed E-state index contributed by atoms with van der Waals surface area (Å²) in [5.74, 6) is 0. The van der Waals surface area contributed by atoms with Gasteiger partial charge in [0.05, 0.1) is 16.4 Å². The topological polar surface area (TPSA) is 29.9 Å². The van der Waals surface area contributed by atoms with Crippen molar-refractivity contribution in [1.29, 1.82) is 0 Å². The number of hydrogen-bond donors (Lipinski definition) is 1. The van der Waals surface area contributed by atoms with Crippen molar-refractivity contribution in [2.24, 2.45) is 0 Å². The average Bonchev–Trinajstić information content (AvgIpc) is 2.50. The van der Waals surface area contributed by atoms with Crippen LogP contribution in [0.15, 0.2) is 10.7 Å². The van der Waals surface area contributed by atoms with Gasteiger partial charge >= 0.3 is 0 Å². The van der Waals surface area contributed by atoms with Gasteiger partial charge in [-0.1, -0.05) is 13.8 Å². The van der Waals surface area contributed by atoms with Gasteiger partial charge in [0.1, 0.15) is 0 Å². The Morgan fingerprint density at radius 2 is 2.21 bits per heavy atom. The predicted molar refractivity (Wildman–Crippen MR) is 62.2 cm³/mol. The molecule has 0 atom stereocenters. The Hall–Kier alpha value is -0.350. The summed E-state index contributed by atoms with van der Waals surface area (Å²) >= 11 is 3.52. The molecule has 0 radical (unpaired) electrons. The standard InChI is InChI=1S/C10H18BrN3/c1-3-5-12-8-10-9(11)7-13-14(10)6-4-2/h7,12H,3-6,8H2,1-2H3. The maximum atomic E-state index is 4.31. The van der Waals surface area contributed by atoms with Crippen LogP contribution in [-0.2, 0) is 13.1 Å². The first-order chi connectivity index (χ1) is 6.79. The largest absolute Gasteiger partial charge is 0.311 e. The number of rotatable bonds is 6. The zero-order chi connectivity index (χ0) is 10.4. The lowest BCUT2D eigenvalue weighted by Crippen LogP contribution is -2.17. The van der Waals surface area contributed by atoms with Gasteiger partial charge in [0, 0.05) is 13.1 Å². The van der Waals surface area contributed by atoms with Gasteiger partial charge in [-0.25, -0.2) is 0 Å². The molecule has 80 valence electrons. The fourth-order valence-corrected chi connectivity index (χ4v) is 1.79. The summed E-state index contributed by atoms with van der Waals surface area (Å²) in [5.41, 5.74) is 1.25. The van der Waals surface area contributed by atoms with Crippen molar-refractivity contribution in [3.05, 3.63) is 16.4 Å². The minimum absolute atomic E-state index is 0.897. The second kappa shape index (κ2) is 6.19. The summed E-state index contributed by atoms with van der Waals surface area (Å²) in [7, 11) is 0. The van der Waals surface area contributed by atoms with Crippen LogP contribution in [0, 0.1) is 0 Å². The normalized spacial score (nSPS) is 10.8. The highest BCUT2D eigenvalue weighted by Crippen LogP contribution is 2.15. The van der Waals surface area contributed by atoms with Gasteiger partial charge in [-0.3, -0.25) is 4.68 Å². The lowest BCUT2D eigenvalue weighted by molar-refractivity contribution is 0.548. The number of hydrogen-bond acceptors (Lipinski definition) is 2. The number of aryl methyl sites for hydroxylation is 1.